The van der Waals surface area contributed by atoms with Gasteiger partial charge in [0.25, 0.3) is 5.91 Å². The molecule has 7 heteroatoms. The van der Waals surface area contributed by atoms with Crippen molar-refractivity contribution in [1.82, 2.24) is 14.7 Å². The zero-order chi connectivity index (χ0) is 17.9. The Balaban J connectivity index is 1.61. The van der Waals surface area contributed by atoms with Crippen LogP contribution in [0.15, 0.2) is 29.0 Å². The lowest BCUT2D eigenvalue weighted by atomic mass is 9.97. The number of methoxy groups -OCH3 is 1. The summed E-state index contributed by atoms with van der Waals surface area (Å²) in [5.74, 6) is 0.832. The number of furan rings is 1. The molecule has 1 amide bonds. The van der Waals surface area contributed by atoms with E-state index in [9.17, 15) is 4.79 Å². The van der Waals surface area contributed by atoms with Gasteiger partial charge in [-0.05, 0) is 42.9 Å². The SMILES string of the molecule is COC[C@@H]1c2c(cnn2CC2CCOCC2)CCN1C(=O)c1ccco1. The number of ether oxygens (including phenoxy) is 2. The fraction of sp³-hybridized carbons (Fsp3) is 0.579. The van der Waals surface area contributed by atoms with Crippen LogP contribution in [0.2, 0.25) is 0 Å². The molecule has 0 saturated carbocycles. The van der Waals surface area contributed by atoms with Crippen LogP contribution >= 0.6 is 0 Å². The van der Waals surface area contributed by atoms with Gasteiger partial charge >= 0.3 is 0 Å². The van der Waals surface area contributed by atoms with Crippen molar-refractivity contribution in [2.75, 3.05) is 33.5 Å². The van der Waals surface area contributed by atoms with E-state index in [1.165, 1.54) is 11.8 Å². The third-order valence-electron chi connectivity index (χ3n) is 5.36. The van der Waals surface area contributed by atoms with Crippen LogP contribution in [0.5, 0.6) is 0 Å². The molecule has 0 unspecified atom stereocenters. The average Bonchev–Trinajstić information content (AvgIpc) is 3.33. The van der Waals surface area contributed by atoms with Gasteiger partial charge in [-0.1, -0.05) is 0 Å². The zero-order valence-corrected chi connectivity index (χ0v) is 15.1. The summed E-state index contributed by atoms with van der Waals surface area (Å²) in [5.41, 5.74) is 2.31. The first-order valence-electron chi connectivity index (χ1n) is 9.23. The van der Waals surface area contributed by atoms with E-state index in [2.05, 4.69) is 9.78 Å². The second-order valence-electron chi connectivity index (χ2n) is 6.99. The minimum atomic E-state index is -0.149. The van der Waals surface area contributed by atoms with Gasteiger partial charge in [0.15, 0.2) is 5.76 Å². The number of fused-ring (bicyclic) bond motifs is 1. The smallest absolute Gasteiger partial charge is 0.290 e. The maximum absolute atomic E-state index is 12.9. The summed E-state index contributed by atoms with van der Waals surface area (Å²) >= 11 is 0. The number of amides is 1. The summed E-state index contributed by atoms with van der Waals surface area (Å²) in [6, 6.07) is 3.30. The molecule has 0 radical (unpaired) electrons. The first-order chi connectivity index (χ1) is 12.8. The van der Waals surface area contributed by atoms with E-state index in [4.69, 9.17) is 13.9 Å². The molecule has 4 heterocycles. The van der Waals surface area contributed by atoms with Crippen molar-refractivity contribution in [3.8, 4) is 0 Å². The monoisotopic (exact) mass is 359 g/mol. The lowest BCUT2D eigenvalue weighted by Crippen LogP contribution is -2.43. The molecule has 140 valence electrons. The van der Waals surface area contributed by atoms with Gasteiger partial charge < -0.3 is 18.8 Å². The predicted octanol–water partition coefficient (Wildman–Crippen LogP) is 2.29. The molecule has 7 nitrogen and oxygen atoms in total. The van der Waals surface area contributed by atoms with Gasteiger partial charge in [-0.3, -0.25) is 9.48 Å². The molecule has 2 aromatic heterocycles. The van der Waals surface area contributed by atoms with Crippen LogP contribution in [-0.4, -0.2) is 54.1 Å². The molecule has 2 aromatic rings. The van der Waals surface area contributed by atoms with Crippen LogP contribution in [-0.2, 0) is 22.4 Å². The Labute approximate surface area is 152 Å². The standard InChI is InChI=1S/C19H25N3O4/c1-24-13-16-18-15(4-7-21(16)19(23)17-3-2-8-26-17)11-20-22(18)12-14-5-9-25-10-6-14/h2-3,8,11,14,16H,4-7,9-10,12-13H2,1H3/t16-/m1/s1. The first-order valence-corrected chi connectivity index (χ1v) is 9.23. The van der Waals surface area contributed by atoms with E-state index in [0.29, 0.717) is 24.8 Å². The Bertz CT molecular complexity index is 734. The van der Waals surface area contributed by atoms with Crippen molar-refractivity contribution in [3.05, 3.63) is 41.6 Å². The summed E-state index contributed by atoms with van der Waals surface area (Å²) in [6.07, 6.45) is 6.39. The van der Waals surface area contributed by atoms with Gasteiger partial charge in [-0.25, -0.2) is 0 Å². The Morgan fingerprint density at radius 2 is 2.23 bits per heavy atom. The number of hydrogen-bond donors (Lipinski definition) is 0. The number of carbonyl (C=O) groups excluding carboxylic acids is 1. The molecule has 0 N–H and O–H groups in total. The molecule has 2 aliphatic rings. The molecular weight excluding hydrogens is 334 g/mol. The summed E-state index contributed by atoms with van der Waals surface area (Å²) < 4.78 is 18.3. The molecule has 1 atom stereocenters. The molecule has 0 aliphatic carbocycles. The van der Waals surface area contributed by atoms with Crippen molar-refractivity contribution >= 4 is 5.91 Å². The van der Waals surface area contributed by atoms with Gasteiger partial charge in [0.1, 0.15) is 0 Å². The third kappa shape index (κ3) is 3.29. The number of nitrogens with zero attached hydrogens (tertiary/aromatic N) is 3. The van der Waals surface area contributed by atoms with Gasteiger partial charge in [-0.2, -0.15) is 5.10 Å². The van der Waals surface area contributed by atoms with Crippen molar-refractivity contribution in [3.63, 3.8) is 0 Å². The van der Waals surface area contributed by atoms with E-state index in [1.807, 2.05) is 11.1 Å². The second-order valence-corrected chi connectivity index (χ2v) is 6.99. The number of rotatable bonds is 5. The van der Waals surface area contributed by atoms with Gasteiger partial charge in [0.05, 0.1) is 30.8 Å². The largest absolute Gasteiger partial charge is 0.459 e. The molecule has 0 bridgehead atoms. The topological polar surface area (TPSA) is 69.7 Å². The van der Waals surface area contributed by atoms with Crippen LogP contribution in [0.4, 0.5) is 0 Å². The Hall–Kier alpha value is -2.12. The van der Waals surface area contributed by atoms with E-state index >= 15 is 0 Å². The van der Waals surface area contributed by atoms with E-state index < -0.39 is 0 Å². The maximum Gasteiger partial charge on any atom is 0.290 e. The quantitative estimate of drug-likeness (QED) is 0.819. The van der Waals surface area contributed by atoms with Crippen molar-refractivity contribution < 1.29 is 18.7 Å². The number of carbonyl (C=O) groups is 1. The molecule has 2 aliphatic heterocycles. The van der Waals surface area contributed by atoms with E-state index in [1.54, 1.807) is 19.2 Å². The van der Waals surface area contributed by atoms with Gasteiger partial charge in [0, 0.05) is 33.4 Å². The van der Waals surface area contributed by atoms with Crippen LogP contribution in [0.25, 0.3) is 0 Å². The Kier molecular flexibility index (Phi) is 5.08. The van der Waals surface area contributed by atoms with Crippen LogP contribution in [0.3, 0.4) is 0 Å². The lowest BCUT2D eigenvalue weighted by molar-refractivity contribution is 0.0432. The summed E-state index contributed by atoms with van der Waals surface area (Å²) in [4.78, 5) is 14.8. The lowest BCUT2D eigenvalue weighted by Gasteiger charge is -2.36. The molecule has 1 saturated heterocycles. The van der Waals surface area contributed by atoms with Gasteiger partial charge in [-0.15, -0.1) is 0 Å². The fourth-order valence-electron chi connectivity index (χ4n) is 3.99. The minimum absolute atomic E-state index is 0.0958. The Morgan fingerprint density at radius 3 is 2.96 bits per heavy atom. The van der Waals surface area contributed by atoms with E-state index in [-0.39, 0.29) is 11.9 Å². The fourth-order valence-corrected chi connectivity index (χ4v) is 3.99. The Morgan fingerprint density at radius 1 is 1.38 bits per heavy atom. The second kappa shape index (κ2) is 7.63. The first kappa shape index (κ1) is 17.3. The molecule has 1 fully saturated rings. The number of aromatic nitrogens is 2. The summed E-state index contributed by atoms with van der Waals surface area (Å²) in [6.45, 7) is 3.58. The maximum atomic E-state index is 12.9. The van der Waals surface area contributed by atoms with Crippen LogP contribution in [0, 0.1) is 5.92 Å². The highest BCUT2D eigenvalue weighted by atomic mass is 16.5. The van der Waals surface area contributed by atoms with Crippen molar-refractivity contribution in [1.29, 1.82) is 0 Å². The zero-order valence-electron chi connectivity index (χ0n) is 15.1. The minimum Gasteiger partial charge on any atom is -0.459 e. The highest BCUT2D eigenvalue weighted by molar-refractivity contribution is 5.92. The average molecular weight is 359 g/mol. The molecule has 0 spiro atoms. The van der Waals surface area contributed by atoms with Gasteiger partial charge in [0.2, 0.25) is 0 Å². The summed E-state index contributed by atoms with van der Waals surface area (Å²) in [5, 5.41) is 4.64. The normalized spacial score (nSPS) is 21.0. The van der Waals surface area contributed by atoms with Crippen LogP contribution in [0.1, 0.15) is 40.7 Å². The molecule has 4 rings (SSSR count). The highest BCUT2D eigenvalue weighted by Gasteiger charge is 2.35. The molecule has 0 aromatic carbocycles. The predicted molar refractivity (Wildman–Crippen MR) is 93.8 cm³/mol. The summed E-state index contributed by atoms with van der Waals surface area (Å²) in [7, 11) is 1.67. The van der Waals surface area contributed by atoms with E-state index in [0.717, 1.165) is 44.7 Å². The van der Waals surface area contributed by atoms with Crippen LogP contribution < -0.4 is 0 Å². The van der Waals surface area contributed by atoms with Crippen molar-refractivity contribution in [2.24, 2.45) is 5.92 Å². The molecule has 26 heavy (non-hydrogen) atoms. The molecular formula is C19H25N3O4. The number of hydrogen-bond acceptors (Lipinski definition) is 5. The highest BCUT2D eigenvalue weighted by Crippen LogP contribution is 2.32. The third-order valence-corrected chi connectivity index (χ3v) is 5.36. The van der Waals surface area contributed by atoms with Crippen molar-refractivity contribution in [2.45, 2.75) is 31.8 Å².